The first-order chi connectivity index (χ1) is 16.6. The van der Waals surface area contributed by atoms with Crippen LogP contribution in [0.25, 0.3) is 0 Å². The van der Waals surface area contributed by atoms with Crippen LogP contribution < -0.4 is 25.1 Å². The van der Waals surface area contributed by atoms with Crippen LogP contribution in [0.15, 0.2) is 47.3 Å². The van der Waals surface area contributed by atoms with E-state index in [0.29, 0.717) is 9.13 Å². The number of anilines is 3. The van der Waals surface area contributed by atoms with Crippen molar-refractivity contribution < 1.29 is 26.7 Å². The summed E-state index contributed by atoms with van der Waals surface area (Å²) in [5, 5.41) is 1.98. The molecule has 1 aliphatic rings. The third-order valence-electron chi connectivity index (χ3n) is 5.79. The minimum Gasteiger partial charge on any atom is -0.494 e. The number of benzene rings is 2. The number of sulfonamides is 1. The Bertz CT molecular complexity index is 1460. The summed E-state index contributed by atoms with van der Waals surface area (Å²) in [5.41, 5.74) is 0.0490. The number of rotatable bonds is 8. The van der Waals surface area contributed by atoms with Gasteiger partial charge in [0, 0.05) is 22.6 Å². The van der Waals surface area contributed by atoms with Gasteiger partial charge in [0.25, 0.3) is 5.56 Å². The Labute approximate surface area is 214 Å². The summed E-state index contributed by atoms with van der Waals surface area (Å²) < 4.78 is 69.7. The molecule has 2 atom stereocenters. The van der Waals surface area contributed by atoms with Crippen LogP contribution in [0.5, 0.6) is 11.5 Å². The lowest BCUT2D eigenvalue weighted by Crippen LogP contribution is -2.25. The van der Waals surface area contributed by atoms with E-state index >= 15 is 0 Å². The van der Waals surface area contributed by atoms with Gasteiger partial charge in [0.2, 0.25) is 10.0 Å². The van der Waals surface area contributed by atoms with E-state index in [9.17, 15) is 22.0 Å². The van der Waals surface area contributed by atoms with Crippen LogP contribution in [0.1, 0.15) is 17.9 Å². The summed E-state index contributed by atoms with van der Waals surface area (Å²) in [6.07, 6.45) is 0.281. The molecule has 0 aliphatic heterocycles. The van der Waals surface area contributed by atoms with Gasteiger partial charge in [-0.1, -0.05) is 6.07 Å². The Morgan fingerprint density at radius 3 is 2.37 bits per heavy atom. The molecule has 186 valence electrons. The number of pyridine rings is 1. The van der Waals surface area contributed by atoms with Crippen molar-refractivity contribution in [1.82, 2.24) is 4.57 Å². The van der Waals surface area contributed by atoms with Gasteiger partial charge in [-0.25, -0.2) is 17.2 Å². The van der Waals surface area contributed by atoms with Crippen molar-refractivity contribution >= 4 is 49.8 Å². The molecular weight excluding hydrogens is 595 g/mol. The van der Waals surface area contributed by atoms with Gasteiger partial charge in [0.15, 0.2) is 17.3 Å². The highest BCUT2D eigenvalue weighted by Gasteiger charge is 2.49. The predicted octanol–water partition coefficient (Wildman–Crippen LogP) is 4.33. The maximum Gasteiger partial charge on any atom is 0.255 e. The molecule has 1 aliphatic carbocycles. The number of halogens is 3. The highest BCUT2D eigenvalue weighted by molar-refractivity contribution is 14.1. The van der Waals surface area contributed by atoms with Crippen LogP contribution in [0.4, 0.5) is 26.0 Å². The number of nitrogens with one attached hydrogen (secondary N) is 2. The number of ether oxygens (including phenoxy) is 2. The van der Waals surface area contributed by atoms with Crippen molar-refractivity contribution in [3.8, 4) is 11.5 Å². The monoisotopic (exact) mass is 617 g/mol. The fourth-order valence-electron chi connectivity index (χ4n) is 3.80. The average molecular weight is 617 g/mol. The van der Waals surface area contributed by atoms with Gasteiger partial charge in [-0.05, 0) is 64.9 Å². The fourth-order valence-corrected chi connectivity index (χ4v) is 5.93. The zero-order valence-corrected chi connectivity index (χ0v) is 21.9. The maximum absolute atomic E-state index is 14.5. The molecule has 2 unspecified atom stereocenters. The average Bonchev–Trinajstić information content (AvgIpc) is 3.62. The van der Waals surface area contributed by atoms with Gasteiger partial charge < -0.3 is 14.8 Å². The van der Waals surface area contributed by atoms with Gasteiger partial charge >= 0.3 is 0 Å². The van der Waals surface area contributed by atoms with Crippen LogP contribution >= 0.6 is 22.6 Å². The molecule has 8 nitrogen and oxygen atoms in total. The minimum absolute atomic E-state index is 0.00530. The quantitative estimate of drug-likeness (QED) is 0.366. The molecule has 0 amide bonds. The molecule has 2 N–H and O–H groups in total. The van der Waals surface area contributed by atoms with Crippen molar-refractivity contribution in [2.45, 2.75) is 17.6 Å². The fraction of sp³-hybridized carbons (Fsp3) is 0.261. The van der Waals surface area contributed by atoms with Crippen molar-refractivity contribution in [2.75, 3.05) is 24.3 Å². The van der Waals surface area contributed by atoms with E-state index in [-0.39, 0.29) is 35.1 Å². The standard InChI is InChI=1S/C23H22F2IN3O5S/c1-29-21(30)11-19(34-3)22(23(29)27-17-6-5-13(26)9-15(17)24)28-35(31,32)20-10-14(20)12-4-7-18(33-2)16(25)8-12/h4-9,11,14,20,27-28H,10H2,1-3H3. The topological polar surface area (TPSA) is 98.7 Å². The molecule has 1 heterocycles. The lowest BCUT2D eigenvalue weighted by atomic mass is 10.1. The van der Waals surface area contributed by atoms with Crippen LogP contribution in [0.2, 0.25) is 0 Å². The Kier molecular flexibility index (Phi) is 6.95. The van der Waals surface area contributed by atoms with Crippen LogP contribution in [-0.4, -0.2) is 32.5 Å². The summed E-state index contributed by atoms with van der Waals surface area (Å²) >= 11 is 1.96. The Hall–Kier alpha value is -2.87. The third kappa shape index (κ3) is 5.08. The van der Waals surface area contributed by atoms with Crippen molar-refractivity contribution in [3.05, 3.63) is 73.6 Å². The van der Waals surface area contributed by atoms with Crippen molar-refractivity contribution in [2.24, 2.45) is 7.05 Å². The number of nitrogens with zero attached hydrogens (tertiary/aromatic N) is 1. The highest BCUT2D eigenvalue weighted by atomic mass is 127. The molecule has 1 aromatic heterocycles. The van der Waals surface area contributed by atoms with E-state index in [0.717, 1.165) is 10.6 Å². The summed E-state index contributed by atoms with van der Waals surface area (Å²) in [6, 6.07) is 9.92. The van der Waals surface area contributed by atoms with E-state index in [2.05, 4.69) is 10.0 Å². The SMILES string of the molecule is COc1ccc(C2CC2S(=O)(=O)Nc2c(OC)cc(=O)n(C)c2Nc2ccc(I)cc2F)cc1F. The molecule has 2 aromatic carbocycles. The van der Waals surface area contributed by atoms with Gasteiger partial charge in [0.1, 0.15) is 17.3 Å². The lowest BCUT2D eigenvalue weighted by molar-refractivity contribution is 0.386. The smallest absolute Gasteiger partial charge is 0.255 e. The summed E-state index contributed by atoms with van der Waals surface area (Å²) in [7, 11) is 0.0708. The van der Waals surface area contributed by atoms with Gasteiger partial charge in [-0.3, -0.25) is 14.1 Å². The zero-order chi connectivity index (χ0) is 25.5. The molecular formula is C23H22F2IN3O5S. The molecule has 4 rings (SSSR count). The number of aromatic nitrogens is 1. The van der Waals surface area contributed by atoms with Crippen LogP contribution in [0, 0.1) is 15.2 Å². The predicted molar refractivity (Wildman–Crippen MR) is 137 cm³/mol. The van der Waals surface area contributed by atoms with E-state index in [1.54, 1.807) is 12.1 Å². The van der Waals surface area contributed by atoms with Gasteiger partial charge in [-0.15, -0.1) is 0 Å². The minimum atomic E-state index is -3.99. The molecule has 35 heavy (non-hydrogen) atoms. The second-order valence-electron chi connectivity index (χ2n) is 8.00. The maximum atomic E-state index is 14.5. The molecule has 0 radical (unpaired) electrons. The van der Waals surface area contributed by atoms with Gasteiger partial charge in [0.05, 0.1) is 25.2 Å². The Balaban J connectivity index is 1.68. The highest BCUT2D eigenvalue weighted by Crippen LogP contribution is 2.48. The third-order valence-corrected chi connectivity index (χ3v) is 8.26. The largest absolute Gasteiger partial charge is 0.494 e. The number of hydrogen-bond acceptors (Lipinski definition) is 6. The van der Waals surface area contributed by atoms with E-state index in [1.165, 1.54) is 45.5 Å². The molecule has 0 spiro atoms. The zero-order valence-electron chi connectivity index (χ0n) is 18.9. The summed E-state index contributed by atoms with van der Waals surface area (Å²) in [4.78, 5) is 12.5. The molecule has 1 saturated carbocycles. The lowest BCUT2D eigenvalue weighted by Gasteiger charge is -2.20. The summed E-state index contributed by atoms with van der Waals surface area (Å²) in [6.45, 7) is 0. The first-order valence-corrected chi connectivity index (χ1v) is 13.0. The second kappa shape index (κ2) is 9.64. The van der Waals surface area contributed by atoms with Crippen molar-refractivity contribution in [1.29, 1.82) is 0 Å². The van der Waals surface area contributed by atoms with Crippen LogP contribution in [0.3, 0.4) is 0 Å². The summed E-state index contributed by atoms with van der Waals surface area (Å²) in [5.74, 6) is -1.53. The van der Waals surface area contributed by atoms with Crippen molar-refractivity contribution in [3.63, 3.8) is 0 Å². The molecule has 0 saturated heterocycles. The van der Waals surface area contributed by atoms with Crippen LogP contribution in [-0.2, 0) is 17.1 Å². The van der Waals surface area contributed by atoms with E-state index in [4.69, 9.17) is 9.47 Å². The number of hydrogen-bond donors (Lipinski definition) is 2. The first-order valence-electron chi connectivity index (χ1n) is 10.4. The number of methoxy groups -OCH3 is 2. The second-order valence-corrected chi connectivity index (χ2v) is 11.1. The molecule has 0 bridgehead atoms. The van der Waals surface area contributed by atoms with Gasteiger partial charge in [-0.2, -0.15) is 0 Å². The normalized spacial score (nSPS) is 17.1. The Morgan fingerprint density at radius 1 is 1.03 bits per heavy atom. The Morgan fingerprint density at radius 2 is 1.74 bits per heavy atom. The molecule has 12 heteroatoms. The first kappa shape index (κ1) is 25.2. The van der Waals surface area contributed by atoms with E-state index < -0.39 is 38.4 Å². The van der Waals surface area contributed by atoms with E-state index in [1.807, 2.05) is 22.6 Å². The molecule has 1 fully saturated rings. The molecule has 3 aromatic rings.